The normalized spacial score (nSPS) is 18.4. The first-order chi connectivity index (χ1) is 9.48. The molecule has 1 atom stereocenters. The van der Waals surface area contributed by atoms with Crippen molar-refractivity contribution in [3.05, 3.63) is 18.2 Å². The van der Waals surface area contributed by atoms with Gasteiger partial charge in [0.15, 0.2) is 0 Å². The second kappa shape index (κ2) is 7.31. The molecular formula is C13H21ClN2O4S. The predicted octanol–water partition coefficient (Wildman–Crippen LogP) is 1.11. The first-order valence-electron chi connectivity index (χ1n) is 6.41. The van der Waals surface area contributed by atoms with Gasteiger partial charge in [-0.15, -0.1) is 12.4 Å². The van der Waals surface area contributed by atoms with Crippen LogP contribution in [0.4, 0.5) is 0 Å². The highest BCUT2D eigenvalue weighted by molar-refractivity contribution is 7.89. The van der Waals surface area contributed by atoms with Gasteiger partial charge in [-0.05, 0) is 13.0 Å². The smallest absolute Gasteiger partial charge is 0.243 e. The average molecular weight is 337 g/mol. The van der Waals surface area contributed by atoms with E-state index in [-0.39, 0.29) is 23.3 Å². The average Bonchev–Trinajstić information content (AvgIpc) is 2.99. The highest BCUT2D eigenvalue weighted by Gasteiger charge is 2.30. The zero-order valence-corrected chi connectivity index (χ0v) is 14.0. The third-order valence-corrected chi connectivity index (χ3v) is 5.44. The minimum Gasteiger partial charge on any atom is -0.497 e. The number of halogens is 1. The molecule has 8 heteroatoms. The number of nitrogens with zero attached hydrogens (tertiary/aromatic N) is 1. The first-order valence-corrected chi connectivity index (χ1v) is 7.85. The molecule has 1 saturated heterocycles. The number of rotatable bonds is 5. The molecule has 0 amide bonds. The molecular weight excluding hydrogens is 316 g/mol. The molecule has 1 aliphatic heterocycles. The molecule has 0 saturated carbocycles. The Labute approximate surface area is 131 Å². The van der Waals surface area contributed by atoms with Crippen molar-refractivity contribution in [3.8, 4) is 11.5 Å². The molecule has 1 N–H and O–H groups in total. The van der Waals surface area contributed by atoms with Crippen molar-refractivity contribution in [1.29, 1.82) is 0 Å². The third-order valence-electron chi connectivity index (χ3n) is 3.55. The van der Waals surface area contributed by atoms with E-state index in [0.717, 1.165) is 13.0 Å². The molecule has 6 nitrogen and oxygen atoms in total. The zero-order valence-electron chi connectivity index (χ0n) is 12.3. The van der Waals surface area contributed by atoms with Crippen LogP contribution >= 0.6 is 12.4 Å². The molecule has 1 aromatic carbocycles. The maximum absolute atomic E-state index is 12.6. The van der Waals surface area contributed by atoms with Gasteiger partial charge < -0.3 is 14.8 Å². The van der Waals surface area contributed by atoms with Gasteiger partial charge in [-0.3, -0.25) is 0 Å². The second-order valence-electron chi connectivity index (χ2n) is 4.72. The Kier molecular flexibility index (Phi) is 6.27. The summed E-state index contributed by atoms with van der Waals surface area (Å²) >= 11 is 0. The largest absolute Gasteiger partial charge is 0.497 e. The molecule has 120 valence electrons. The van der Waals surface area contributed by atoms with Gasteiger partial charge in [0.2, 0.25) is 10.0 Å². The van der Waals surface area contributed by atoms with Crippen molar-refractivity contribution < 1.29 is 17.9 Å². The van der Waals surface area contributed by atoms with E-state index in [4.69, 9.17) is 9.47 Å². The Bertz CT molecular complexity index is 551. The van der Waals surface area contributed by atoms with Gasteiger partial charge in [0.1, 0.15) is 11.5 Å². The van der Waals surface area contributed by atoms with Crippen LogP contribution in [0.2, 0.25) is 0 Å². The summed E-state index contributed by atoms with van der Waals surface area (Å²) < 4.78 is 36.9. The number of methoxy groups -OCH3 is 2. The predicted molar refractivity (Wildman–Crippen MR) is 83.0 cm³/mol. The van der Waals surface area contributed by atoms with Crippen molar-refractivity contribution in [2.75, 3.05) is 34.4 Å². The van der Waals surface area contributed by atoms with Gasteiger partial charge in [-0.2, -0.15) is 4.31 Å². The second-order valence-corrected chi connectivity index (χ2v) is 6.71. The van der Waals surface area contributed by atoms with E-state index in [1.807, 2.05) is 0 Å². The number of ether oxygens (including phenoxy) is 2. The summed E-state index contributed by atoms with van der Waals surface area (Å²) in [6.45, 7) is 1.52. The lowest BCUT2D eigenvalue weighted by atomic mass is 10.3. The number of benzene rings is 1. The van der Waals surface area contributed by atoms with Crippen molar-refractivity contribution in [2.24, 2.45) is 0 Å². The zero-order chi connectivity index (χ0) is 14.8. The molecule has 1 unspecified atom stereocenters. The fourth-order valence-electron chi connectivity index (χ4n) is 2.24. The molecule has 21 heavy (non-hydrogen) atoms. The minimum atomic E-state index is -3.55. The van der Waals surface area contributed by atoms with Crippen LogP contribution < -0.4 is 14.8 Å². The van der Waals surface area contributed by atoms with Gasteiger partial charge in [-0.1, -0.05) is 0 Å². The van der Waals surface area contributed by atoms with Crippen LogP contribution in [0.25, 0.3) is 0 Å². The minimum absolute atomic E-state index is 0. The van der Waals surface area contributed by atoms with Gasteiger partial charge in [0.25, 0.3) is 0 Å². The molecule has 1 aliphatic rings. The standard InChI is InChI=1S/C13H20N2O4S.ClH/c1-15(10-4-5-14-9-10)20(16,17)13-7-11(18-2)6-12(8-13)19-3;/h6-8,10,14H,4-5,9H2,1-3H3;1H. The van der Waals surface area contributed by atoms with Gasteiger partial charge in [0, 0.05) is 37.8 Å². The molecule has 1 aromatic rings. The maximum Gasteiger partial charge on any atom is 0.243 e. The number of nitrogens with one attached hydrogen (secondary N) is 1. The van der Waals surface area contributed by atoms with Crippen LogP contribution in [0.5, 0.6) is 11.5 Å². The Balaban J connectivity index is 0.00000220. The van der Waals surface area contributed by atoms with Gasteiger partial charge in [0.05, 0.1) is 19.1 Å². The van der Waals surface area contributed by atoms with E-state index in [0.29, 0.717) is 18.0 Å². The van der Waals surface area contributed by atoms with Crippen LogP contribution in [-0.2, 0) is 10.0 Å². The summed E-state index contributed by atoms with van der Waals surface area (Å²) in [7, 11) is 1.05. The Morgan fingerprint density at radius 1 is 1.19 bits per heavy atom. The third kappa shape index (κ3) is 3.79. The van der Waals surface area contributed by atoms with E-state index in [1.54, 1.807) is 13.1 Å². The Morgan fingerprint density at radius 3 is 2.19 bits per heavy atom. The first kappa shape index (κ1) is 18.0. The van der Waals surface area contributed by atoms with E-state index in [2.05, 4.69) is 5.32 Å². The van der Waals surface area contributed by atoms with Crippen molar-refractivity contribution >= 4 is 22.4 Å². The lowest BCUT2D eigenvalue weighted by molar-refractivity contribution is 0.381. The number of sulfonamides is 1. The van der Waals surface area contributed by atoms with Crippen LogP contribution in [0.3, 0.4) is 0 Å². The molecule has 0 radical (unpaired) electrons. The quantitative estimate of drug-likeness (QED) is 0.872. The summed E-state index contributed by atoms with van der Waals surface area (Å²) in [5.74, 6) is 0.918. The SMILES string of the molecule is COc1cc(OC)cc(S(=O)(=O)N(C)C2CCNC2)c1.Cl. The fourth-order valence-corrected chi connectivity index (χ4v) is 3.68. The fraction of sp³-hybridized carbons (Fsp3) is 0.538. The Hall–Kier alpha value is -1.02. The molecule has 1 fully saturated rings. The summed E-state index contributed by atoms with van der Waals surface area (Å²) in [5.41, 5.74) is 0. The molecule has 1 heterocycles. The molecule has 2 rings (SSSR count). The van der Waals surface area contributed by atoms with Gasteiger partial charge >= 0.3 is 0 Å². The highest BCUT2D eigenvalue weighted by Crippen LogP contribution is 2.28. The lowest BCUT2D eigenvalue weighted by Crippen LogP contribution is -2.38. The highest BCUT2D eigenvalue weighted by atomic mass is 35.5. The van der Waals surface area contributed by atoms with Crippen LogP contribution in [0.15, 0.2) is 23.1 Å². The van der Waals surface area contributed by atoms with E-state index in [1.165, 1.54) is 30.7 Å². The molecule has 0 aliphatic carbocycles. The van der Waals surface area contributed by atoms with Crippen LogP contribution in [0, 0.1) is 0 Å². The van der Waals surface area contributed by atoms with E-state index in [9.17, 15) is 8.42 Å². The summed E-state index contributed by atoms with van der Waals surface area (Å²) in [4.78, 5) is 0.183. The maximum atomic E-state index is 12.6. The Morgan fingerprint density at radius 2 is 1.76 bits per heavy atom. The van der Waals surface area contributed by atoms with Crippen molar-refractivity contribution in [3.63, 3.8) is 0 Å². The number of hydrogen-bond acceptors (Lipinski definition) is 5. The summed E-state index contributed by atoms with van der Waals surface area (Å²) in [6.07, 6.45) is 0.816. The summed E-state index contributed by atoms with van der Waals surface area (Å²) in [5, 5.41) is 3.17. The van der Waals surface area contributed by atoms with Gasteiger partial charge in [-0.25, -0.2) is 8.42 Å². The number of hydrogen-bond donors (Lipinski definition) is 1. The molecule has 0 spiro atoms. The van der Waals surface area contributed by atoms with E-state index >= 15 is 0 Å². The topological polar surface area (TPSA) is 67.9 Å². The van der Waals surface area contributed by atoms with Crippen LogP contribution in [-0.4, -0.2) is 53.1 Å². The van der Waals surface area contributed by atoms with Crippen LogP contribution in [0.1, 0.15) is 6.42 Å². The molecule has 0 bridgehead atoms. The monoisotopic (exact) mass is 336 g/mol. The summed E-state index contributed by atoms with van der Waals surface area (Å²) in [6, 6.07) is 4.65. The van der Waals surface area contributed by atoms with Crippen molar-refractivity contribution in [1.82, 2.24) is 9.62 Å². The lowest BCUT2D eigenvalue weighted by Gasteiger charge is -2.23. The van der Waals surface area contributed by atoms with E-state index < -0.39 is 10.0 Å². The molecule has 0 aromatic heterocycles. The number of likely N-dealkylation sites (N-methyl/N-ethyl adjacent to an activating group) is 1. The van der Waals surface area contributed by atoms with Crippen molar-refractivity contribution in [2.45, 2.75) is 17.4 Å².